The summed E-state index contributed by atoms with van der Waals surface area (Å²) in [5.74, 6) is -2.33. The number of hydrogen-bond acceptors (Lipinski definition) is 5. The van der Waals surface area contributed by atoms with Crippen molar-refractivity contribution in [2.75, 3.05) is 24.2 Å². The van der Waals surface area contributed by atoms with Crippen LogP contribution in [0.15, 0.2) is 35.3 Å². The lowest BCUT2D eigenvalue weighted by Crippen LogP contribution is -2.50. The van der Waals surface area contributed by atoms with Gasteiger partial charge < -0.3 is 10.6 Å². The zero-order valence-corrected chi connectivity index (χ0v) is 23.1. The molecule has 0 saturated carbocycles. The number of anilines is 1. The van der Waals surface area contributed by atoms with Crippen LogP contribution in [0.1, 0.15) is 54.0 Å². The van der Waals surface area contributed by atoms with E-state index in [1.54, 1.807) is 19.1 Å². The molecule has 1 saturated heterocycles. The van der Waals surface area contributed by atoms with E-state index < -0.39 is 39.0 Å². The number of amidine groups is 1. The average molecular weight is 583 g/mol. The van der Waals surface area contributed by atoms with E-state index in [1.165, 1.54) is 4.31 Å². The van der Waals surface area contributed by atoms with Crippen molar-refractivity contribution >= 4 is 33.4 Å². The number of aliphatic imine (C=N–C) groups is 1. The number of hydrogen-bond donors (Lipinski definition) is 2. The van der Waals surface area contributed by atoms with Gasteiger partial charge in [0.15, 0.2) is 0 Å². The number of rotatable bonds is 7. The maximum Gasteiger partial charge on any atom is 0.419 e. The van der Waals surface area contributed by atoms with Crippen LogP contribution in [0.4, 0.5) is 23.2 Å². The quantitative estimate of drug-likeness (QED) is 0.480. The Hall–Kier alpha value is -3.32. The van der Waals surface area contributed by atoms with E-state index >= 15 is 0 Å². The molecule has 13 heteroatoms. The lowest BCUT2D eigenvalue weighted by atomic mass is 9.89. The summed E-state index contributed by atoms with van der Waals surface area (Å²) in [7, 11) is -3.69. The van der Waals surface area contributed by atoms with Gasteiger partial charge in [0.1, 0.15) is 17.2 Å². The van der Waals surface area contributed by atoms with Crippen LogP contribution < -0.4 is 10.6 Å². The predicted octanol–water partition coefficient (Wildman–Crippen LogP) is 4.09. The molecule has 2 amide bonds. The van der Waals surface area contributed by atoms with Crippen LogP contribution in [0.2, 0.25) is 0 Å². The van der Waals surface area contributed by atoms with Gasteiger partial charge in [0.05, 0.1) is 11.3 Å². The number of halogens is 4. The van der Waals surface area contributed by atoms with Gasteiger partial charge in [0, 0.05) is 30.8 Å². The zero-order valence-electron chi connectivity index (χ0n) is 22.3. The maximum absolute atomic E-state index is 13.7. The summed E-state index contributed by atoms with van der Waals surface area (Å²) in [5, 5.41) is 5.29. The molecule has 0 aliphatic carbocycles. The summed E-state index contributed by atoms with van der Waals surface area (Å²) in [6.07, 6.45) is -4.20. The first-order chi connectivity index (χ1) is 18.6. The first-order valence-corrected chi connectivity index (χ1v) is 14.4. The minimum atomic E-state index is -4.91. The van der Waals surface area contributed by atoms with Gasteiger partial charge in [-0.2, -0.15) is 13.2 Å². The maximum atomic E-state index is 13.7. The van der Waals surface area contributed by atoms with Crippen molar-refractivity contribution in [2.24, 2.45) is 4.99 Å². The molecule has 2 N–H and O–H groups in total. The lowest BCUT2D eigenvalue weighted by molar-refractivity contribution is -0.140. The molecule has 0 radical (unpaired) electrons. The molecule has 0 atom stereocenters. The Balaban J connectivity index is 1.44. The molecule has 0 aromatic heterocycles. The van der Waals surface area contributed by atoms with Crippen LogP contribution >= 0.6 is 0 Å². The first kappa shape index (κ1) is 29.7. The van der Waals surface area contributed by atoms with Crippen LogP contribution in [0.3, 0.4) is 0 Å². The Morgan fingerprint density at radius 2 is 1.75 bits per heavy atom. The van der Waals surface area contributed by atoms with Crippen molar-refractivity contribution in [3.63, 3.8) is 0 Å². The Morgan fingerprint density at radius 1 is 1.12 bits per heavy atom. The number of sulfonamides is 1. The number of carbonyl (C=O) groups excluding carboxylic acids is 2. The summed E-state index contributed by atoms with van der Waals surface area (Å²) in [4.78, 5) is 28.9. The molecule has 4 rings (SSSR count). The lowest BCUT2D eigenvalue weighted by Gasteiger charge is -2.34. The third-order valence-electron chi connectivity index (χ3n) is 7.38. The number of benzene rings is 2. The number of carbonyl (C=O) groups is 2. The number of nitrogens with one attached hydrogen (secondary N) is 2. The second kappa shape index (κ2) is 10.9. The molecule has 2 aliphatic rings. The molecule has 2 aliphatic heterocycles. The van der Waals surface area contributed by atoms with Crippen LogP contribution in [0, 0.1) is 19.7 Å². The van der Waals surface area contributed by atoms with Crippen molar-refractivity contribution in [3.05, 3.63) is 64.0 Å². The first-order valence-electron chi connectivity index (χ1n) is 12.8. The fourth-order valence-corrected chi connectivity index (χ4v) is 6.54. The standard InChI is InChI=1S/C27H30F4N4O4S/c1-4-23(36)32-19-13-16(2)20(17(3)14-19)7-12-40(38,39)35-10-8-26(9-11-35)25(37)33-24(34-26)18-5-6-22(28)21(15-18)27(29,30)31/h5-6,13-15H,4,7-12H2,1-3H3,(H,32,36)(H,33,34,37). The van der Waals surface area contributed by atoms with Crippen molar-refractivity contribution in [3.8, 4) is 0 Å². The minimum Gasteiger partial charge on any atom is -0.326 e. The topological polar surface area (TPSA) is 108 Å². The number of aryl methyl sites for hydroxylation is 2. The number of alkyl halides is 3. The van der Waals surface area contributed by atoms with Gasteiger partial charge in [-0.25, -0.2) is 17.1 Å². The molecule has 1 spiro atoms. The number of piperidine rings is 1. The van der Waals surface area contributed by atoms with E-state index in [9.17, 15) is 35.6 Å². The van der Waals surface area contributed by atoms with Gasteiger partial charge in [-0.05, 0) is 80.1 Å². The monoisotopic (exact) mass is 582 g/mol. The van der Waals surface area contributed by atoms with Crippen LogP contribution in [0.25, 0.3) is 0 Å². The highest BCUT2D eigenvalue weighted by Crippen LogP contribution is 2.35. The molecule has 0 bridgehead atoms. The van der Waals surface area contributed by atoms with Crippen LogP contribution in [-0.4, -0.2) is 54.8 Å². The summed E-state index contributed by atoms with van der Waals surface area (Å²) in [5.41, 5.74) is 0.388. The summed E-state index contributed by atoms with van der Waals surface area (Å²) < 4.78 is 80.7. The van der Waals surface area contributed by atoms with Crippen molar-refractivity contribution in [2.45, 2.75) is 58.2 Å². The Bertz CT molecular complexity index is 1460. The molecular formula is C27H30F4N4O4S. The zero-order chi connectivity index (χ0) is 29.5. The minimum absolute atomic E-state index is 0.0176. The fraction of sp³-hybridized carbons (Fsp3) is 0.444. The molecule has 1 fully saturated rings. The van der Waals surface area contributed by atoms with Crippen LogP contribution in [0.5, 0.6) is 0 Å². The normalized spacial score (nSPS) is 17.6. The molecule has 8 nitrogen and oxygen atoms in total. The third kappa shape index (κ3) is 6.04. The van der Waals surface area contributed by atoms with Crippen molar-refractivity contribution < 1.29 is 35.6 Å². The van der Waals surface area contributed by atoms with E-state index in [4.69, 9.17) is 0 Å². The smallest absolute Gasteiger partial charge is 0.326 e. The fourth-order valence-electron chi connectivity index (χ4n) is 5.09. The average Bonchev–Trinajstić information content (AvgIpc) is 3.18. The molecule has 216 valence electrons. The van der Waals surface area contributed by atoms with Crippen molar-refractivity contribution in [1.82, 2.24) is 9.62 Å². The van der Waals surface area contributed by atoms with Gasteiger partial charge >= 0.3 is 6.18 Å². The summed E-state index contributed by atoms with van der Waals surface area (Å²) in [6, 6.07) is 5.99. The Morgan fingerprint density at radius 3 is 2.33 bits per heavy atom. The molecule has 40 heavy (non-hydrogen) atoms. The molecule has 0 unspecified atom stereocenters. The Kier molecular flexibility index (Phi) is 8.10. The number of nitrogens with zero attached hydrogens (tertiary/aromatic N) is 2. The third-order valence-corrected chi connectivity index (χ3v) is 9.25. The second-order valence-electron chi connectivity index (χ2n) is 10.1. The van der Waals surface area contributed by atoms with Crippen molar-refractivity contribution in [1.29, 1.82) is 0 Å². The van der Waals surface area contributed by atoms with Gasteiger partial charge in [0.25, 0.3) is 5.91 Å². The second-order valence-corrected chi connectivity index (χ2v) is 12.2. The summed E-state index contributed by atoms with van der Waals surface area (Å²) >= 11 is 0. The van der Waals surface area contributed by atoms with E-state index in [1.807, 2.05) is 13.8 Å². The van der Waals surface area contributed by atoms with E-state index in [2.05, 4.69) is 15.6 Å². The summed E-state index contributed by atoms with van der Waals surface area (Å²) in [6.45, 7) is 5.50. The van der Waals surface area contributed by atoms with Gasteiger partial charge in [-0.3, -0.25) is 14.6 Å². The molecule has 2 heterocycles. The predicted molar refractivity (Wildman–Crippen MR) is 142 cm³/mol. The largest absolute Gasteiger partial charge is 0.419 e. The van der Waals surface area contributed by atoms with Gasteiger partial charge in [-0.15, -0.1) is 0 Å². The van der Waals surface area contributed by atoms with Gasteiger partial charge in [-0.1, -0.05) is 6.92 Å². The molecule has 2 aromatic carbocycles. The molecular weight excluding hydrogens is 552 g/mol. The highest BCUT2D eigenvalue weighted by Gasteiger charge is 2.47. The highest BCUT2D eigenvalue weighted by molar-refractivity contribution is 7.89. The SMILES string of the molecule is CCC(=O)Nc1cc(C)c(CCS(=O)(=O)N2CCC3(CC2)N=C(c2ccc(F)c(C(F)(F)F)c2)NC3=O)c(C)c1. The number of amides is 2. The van der Waals surface area contributed by atoms with Crippen LogP contribution in [-0.2, 0) is 32.2 Å². The Labute approximate surface area is 229 Å². The highest BCUT2D eigenvalue weighted by atomic mass is 32.2. The van der Waals surface area contributed by atoms with Gasteiger partial charge in [0.2, 0.25) is 15.9 Å². The van der Waals surface area contributed by atoms with E-state index in [0.717, 1.165) is 22.8 Å². The van der Waals surface area contributed by atoms with E-state index in [0.29, 0.717) is 24.2 Å². The molecule has 2 aromatic rings. The van der Waals surface area contributed by atoms with E-state index in [-0.39, 0.29) is 55.4 Å².